The zero-order valence-corrected chi connectivity index (χ0v) is 13.8. The molecule has 17 heavy (non-hydrogen) atoms. The summed E-state index contributed by atoms with van der Waals surface area (Å²) in [4.78, 5) is 0. The largest absolute Gasteiger partial charge is 2.00 e. The minimum absolute atomic E-state index is 0. The van der Waals surface area contributed by atoms with Crippen molar-refractivity contribution in [2.75, 3.05) is 0 Å². The van der Waals surface area contributed by atoms with Gasteiger partial charge < -0.3 is 7.85 Å². The predicted octanol–water partition coefficient (Wildman–Crippen LogP) is 6.38. The maximum atomic E-state index is 2.29. The van der Waals surface area contributed by atoms with E-state index in [1.54, 1.807) is 0 Å². The number of hydrogen-bond donors (Lipinski definition) is 0. The quantitative estimate of drug-likeness (QED) is 0.372. The van der Waals surface area contributed by atoms with Crippen LogP contribution in [0, 0.1) is 12.3 Å². The van der Waals surface area contributed by atoms with Crippen LogP contribution >= 0.6 is 0 Å². The second-order valence-corrected chi connectivity index (χ2v) is 4.60. The Labute approximate surface area is 118 Å². The molecule has 0 fully saturated rings. The van der Waals surface area contributed by atoms with Gasteiger partial charge in [-0.15, -0.1) is 0 Å². The zero-order valence-electron chi connectivity index (χ0n) is 14.8. The molecule has 0 amide bonds. The van der Waals surface area contributed by atoms with Crippen molar-refractivity contribution in [1.29, 1.82) is 0 Å². The van der Waals surface area contributed by atoms with E-state index in [4.69, 9.17) is 0 Å². The average molecular weight is 239 g/mol. The fourth-order valence-corrected chi connectivity index (χ4v) is 1.18. The molecule has 1 heteroatoms. The van der Waals surface area contributed by atoms with Crippen molar-refractivity contribution in [3.8, 4) is 0 Å². The first-order valence-electron chi connectivity index (χ1n) is 7.43. The molecule has 0 aromatic heterocycles. The molecule has 0 aliphatic heterocycles. The van der Waals surface area contributed by atoms with Crippen molar-refractivity contribution in [3.05, 3.63) is 6.42 Å². The Kier molecular flexibility index (Phi) is 45.4. The molecule has 0 aliphatic rings. The van der Waals surface area contributed by atoms with Crippen LogP contribution in [0.1, 0.15) is 94.8 Å². The Morgan fingerprint density at radius 3 is 1.06 bits per heavy atom. The van der Waals surface area contributed by atoms with Gasteiger partial charge in [-0.2, -0.15) is 12.3 Å². The monoisotopic (exact) mass is 239 g/mol. The van der Waals surface area contributed by atoms with Gasteiger partial charge in [-0.05, 0) is 0 Å². The first kappa shape index (κ1) is 25.9. The minimum atomic E-state index is 0. The van der Waals surface area contributed by atoms with Gasteiger partial charge in [0, 0.05) is 0 Å². The van der Waals surface area contributed by atoms with Crippen molar-refractivity contribution in [3.63, 3.8) is 0 Å². The Balaban J connectivity index is -0.0000000447. The maximum Gasteiger partial charge on any atom is 2.00 e. The van der Waals surface area contributed by atoms with Gasteiger partial charge in [0.1, 0.15) is 0 Å². The Morgan fingerprint density at radius 2 is 1.06 bits per heavy atom. The van der Waals surface area contributed by atoms with Crippen LogP contribution in [-0.4, -0.2) is 10.1 Å². The predicted molar refractivity (Wildman–Crippen MR) is 86.7 cm³/mol. The molecule has 0 atom stereocenters. The summed E-state index contributed by atoms with van der Waals surface area (Å²) in [5, 5.41) is 0. The molecule has 0 aliphatic carbocycles. The second kappa shape index (κ2) is 29.8. The van der Waals surface area contributed by atoms with Crippen LogP contribution in [0.2, 0.25) is 0 Å². The molecule has 0 saturated heterocycles. The van der Waals surface area contributed by atoms with E-state index >= 15 is 0 Å². The first-order chi connectivity index (χ1) is 7.60. The Morgan fingerprint density at radius 1 is 0.765 bits per heavy atom. The molecule has 0 radical (unpaired) electrons. The van der Waals surface area contributed by atoms with Crippen LogP contribution in [0.5, 0.6) is 0 Å². The molecular weight excluding hydrogens is 201 g/mol. The van der Waals surface area contributed by atoms with Crippen molar-refractivity contribution in [2.45, 2.75) is 93.4 Å². The second-order valence-electron chi connectivity index (χ2n) is 4.60. The first-order valence-corrected chi connectivity index (χ1v) is 7.43. The van der Waals surface area contributed by atoms with E-state index in [-0.39, 0.29) is 11.5 Å². The summed E-state index contributed by atoms with van der Waals surface area (Å²) in [6, 6.07) is 0. The summed E-state index contributed by atoms with van der Waals surface area (Å²) in [5.41, 5.74) is 0. The summed E-state index contributed by atoms with van der Waals surface area (Å²) < 4.78 is 0. The fraction of sp³-hybridized carbons (Fsp3) is 0.938. The summed E-state index contributed by atoms with van der Waals surface area (Å²) in [7, 11) is 0. The average Bonchev–Trinajstić information content (AvgIpc) is 2.21. The molecule has 0 spiro atoms. The molecule has 0 saturated carbocycles. The van der Waals surface area contributed by atoms with Gasteiger partial charge in [0.05, 0.1) is 0 Å². The van der Waals surface area contributed by atoms with Gasteiger partial charge in [0.25, 0.3) is 0 Å². The van der Waals surface area contributed by atoms with Crippen molar-refractivity contribution in [1.82, 2.24) is 0 Å². The summed E-state index contributed by atoms with van der Waals surface area (Å²) in [6.07, 6.45) is 11.7. The van der Waals surface area contributed by atoms with Gasteiger partial charge >= 0.3 is 10.1 Å². The SMILES string of the molecule is CCCCC.CCCCC.CC[CH-]C(C)C.[Be+2].[H-]. The van der Waals surface area contributed by atoms with E-state index in [0.29, 0.717) is 0 Å². The molecule has 0 nitrogen and oxygen atoms in total. The molecule has 104 valence electrons. The van der Waals surface area contributed by atoms with Gasteiger partial charge in [0.2, 0.25) is 0 Å². The molecular formula is C16H38Be. The van der Waals surface area contributed by atoms with Crippen LogP contribution in [0.15, 0.2) is 0 Å². The third-order valence-corrected chi connectivity index (χ3v) is 2.12. The van der Waals surface area contributed by atoms with Crippen LogP contribution in [-0.2, 0) is 0 Å². The van der Waals surface area contributed by atoms with Crippen LogP contribution in [0.4, 0.5) is 0 Å². The van der Waals surface area contributed by atoms with Crippen molar-refractivity contribution < 1.29 is 1.43 Å². The van der Waals surface area contributed by atoms with Gasteiger partial charge in [-0.25, -0.2) is 0 Å². The number of unbranched alkanes of at least 4 members (excludes halogenated alkanes) is 4. The molecule has 0 heterocycles. The Bertz CT molecular complexity index is 75.2. The standard InChI is InChI=1S/C6H13.2C5H12.Be.H/c1-4-5-6(2)3;2*1-3-5-4-2;;/h5-6H,4H2,1-3H3;2*3-5H2,1-2H3;;/q-1;;;+2;-1. The van der Waals surface area contributed by atoms with Crippen LogP contribution in [0.3, 0.4) is 0 Å². The van der Waals surface area contributed by atoms with Gasteiger partial charge in [0.15, 0.2) is 0 Å². The van der Waals surface area contributed by atoms with Gasteiger partial charge in [-0.1, -0.05) is 87.0 Å². The van der Waals surface area contributed by atoms with Crippen molar-refractivity contribution >= 4 is 10.1 Å². The maximum absolute atomic E-state index is 2.29. The number of hydrogen-bond acceptors (Lipinski definition) is 0. The van der Waals surface area contributed by atoms with E-state index in [1.165, 1.54) is 44.9 Å². The van der Waals surface area contributed by atoms with E-state index < -0.39 is 0 Å². The van der Waals surface area contributed by atoms with Crippen molar-refractivity contribution in [2.24, 2.45) is 5.92 Å². The summed E-state index contributed by atoms with van der Waals surface area (Å²) in [6.45, 7) is 15.4. The fourth-order valence-electron chi connectivity index (χ4n) is 1.18. The van der Waals surface area contributed by atoms with Crippen LogP contribution in [0.25, 0.3) is 0 Å². The molecule has 0 aromatic carbocycles. The topological polar surface area (TPSA) is 0 Å². The van der Waals surface area contributed by atoms with E-state index in [9.17, 15) is 0 Å². The Hall–Kier alpha value is 0.169. The number of rotatable bonds is 6. The van der Waals surface area contributed by atoms with E-state index in [1.807, 2.05) is 0 Å². The molecule has 0 rings (SSSR count). The van der Waals surface area contributed by atoms with E-state index in [0.717, 1.165) is 5.92 Å². The smallest absolute Gasteiger partial charge is 1.00 e. The summed E-state index contributed by atoms with van der Waals surface area (Å²) >= 11 is 0. The third-order valence-electron chi connectivity index (χ3n) is 2.12. The summed E-state index contributed by atoms with van der Waals surface area (Å²) in [5.74, 6) is 0.773. The van der Waals surface area contributed by atoms with E-state index in [2.05, 4.69) is 54.9 Å². The normalized spacial score (nSPS) is 8.47. The molecule has 0 bridgehead atoms. The van der Waals surface area contributed by atoms with Crippen LogP contribution < -0.4 is 0 Å². The molecule has 0 unspecified atom stereocenters. The third kappa shape index (κ3) is 63.2. The van der Waals surface area contributed by atoms with Gasteiger partial charge in [-0.3, -0.25) is 0 Å². The molecule has 0 N–H and O–H groups in total. The molecule has 0 aromatic rings. The minimum Gasteiger partial charge on any atom is -1.00 e. The zero-order chi connectivity index (χ0) is 13.2.